The summed E-state index contributed by atoms with van der Waals surface area (Å²) in [6.07, 6.45) is 8.90. The third kappa shape index (κ3) is 6.13. The van der Waals surface area contributed by atoms with Crippen LogP contribution < -0.4 is 5.46 Å². The van der Waals surface area contributed by atoms with E-state index >= 15 is 0 Å². The van der Waals surface area contributed by atoms with E-state index in [1.54, 1.807) is 5.57 Å². The minimum absolute atomic E-state index is 0.701. The molecule has 0 aliphatic rings. The van der Waals surface area contributed by atoms with Crippen LogP contribution in [0.2, 0.25) is 0 Å². The summed E-state index contributed by atoms with van der Waals surface area (Å²) in [5, 5.41) is 0. The van der Waals surface area contributed by atoms with E-state index in [2.05, 4.69) is 84.1 Å². The van der Waals surface area contributed by atoms with Gasteiger partial charge in [-0.1, -0.05) is 112 Å². The summed E-state index contributed by atoms with van der Waals surface area (Å²) in [7, 11) is 2.17. The fourth-order valence-corrected chi connectivity index (χ4v) is 4.07. The molecule has 0 aliphatic carbocycles. The first-order valence-corrected chi connectivity index (χ1v) is 11.0. The van der Waals surface area contributed by atoms with Crippen molar-refractivity contribution in [1.29, 1.82) is 0 Å². The van der Waals surface area contributed by atoms with Crippen LogP contribution in [0.25, 0.3) is 5.57 Å². The molecular formula is C26H37B. The van der Waals surface area contributed by atoms with Crippen LogP contribution in [0, 0.1) is 12.8 Å². The molecule has 1 atom stereocenters. The molecule has 0 spiro atoms. The van der Waals surface area contributed by atoms with Crippen molar-refractivity contribution in [2.45, 2.75) is 72.6 Å². The molecule has 1 heteroatoms. The quantitative estimate of drug-likeness (QED) is 0.426. The van der Waals surface area contributed by atoms with E-state index in [4.69, 9.17) is 0 Å². The average Bonchev–Trinajstić information content (AvgIpc) is 2.67. The zero-order chi connectivity index (χ0) is 19.6. The second-order valence-corrected chi connectivity index (χ2v) is 8.01. The standard InChI is InChI=1S/C26H37B/c1-5-8-11-21(9-6-2)25(10-7-3)26(22-14-12-20(4)13-15-22)23-16-18-24(27)19-17-23/h12-19,21H,5-11,27H2,1-4H3/b26-25+. The van der Waals surface area contributed by atoms with Gasteiger partial charge in [-0.3, -0.25) is 0 Å². The van der Waals surface area contributed by atoms with E-state index in [1.165, 1.54) is 72.7 Å². The van der Waals surface area contributed by atoms with Gasteiger partial charge < -0.3 is 0 Å². The van der Waals surface area contributed by atoms with Crippen LogP contribution in [0.15, 0.2) is 54.1 Å². The Kier molecular flexibility index (Phi) is 8.91. The zero-order valence-corrected chi connectivity index (χ0v) is 18.1. The highest BCUT2D eigenvalue weighted by Crippen LogP contribution is 2.37. The van der Waals surface area contributed by atoms with E-state index in [9.17, 15) is 0 Å². The fraction of sp³-hybridized carbons (Fsp3) is 0.462. The zero-order valence-electron chi connectivity index (χ0n) is 18.1. The van der Waals surface area contributed by atoms with E-state index in [1.807, 2.05) is 0 Å². The van der Waals surface area contributed by atoms with Gasteiger partial charge in [-0.05, 0) is 48.8 Å². The predicted molar refractivity (Wildman–Crippen MR) is 125 cm³/mol. The molecule has 27 heavy (non-hydrogen) atoms. The van der Waals surface area contributed by atoms with Gasteiger partial charge in [0.15, 0.2) is 0 Å². The molecule has 0 nitrogen and oxygen atoms in total. The van der Waals surface area contributed by atoms with Crippen molar-refractivity contribution in [3.63, 3.8) is 0 Å². The first-order chi connectivity index (χ1) is 13.1. The van der Waals surface area contributed by atoms with Gasteiger partial charge in [0.05, 0.1) is 0 Å². The van der Waals surface area contributed by atoms with E-state index in [0.29, 0.717) is 5.92 Å². The molecule has 1 unspecified atom stereocenters. The number of hydrogen-bond donors (Lipinski definition) is 0. The topological polar surface area (TPSA) is 0 Å². The lowest BCUT2D eigenvalue weighted by molar-refractivity contribution is 0.475. The predicted octanol–water partition coefficient (Wildman–Crippen LogP) is 6.46. The molecule has 0 aliphatic heterocycles. The number of hydrogen-bond acceptors (Lipinski definition) is 0. The third-order valence-corrected chi connectivity index (χ3v) is 5.56. The Morgan fingerprint density at radius 1 is 0.778 bits per heavy atom. The number of unbranched alkanes of at least 4 members (excludes halogenated alkanes) is 1. The number of aryl methyl sites for hydroxylation is 1. The summed E-state index contributed by atoms with van der Waals surface area (Å²) in [6, 6.07) is 18.3. The Balaban J connectivity index is 2.65. The first-order valence-electron chi connectivity index (χ1n) is 11.0. The summed E-state index contributed by atoms with van der Waals surface area (Å²) < 4.78 is 0. The summed E-state index contributed by atoms with van der Waals surface area (Å²) in [5.74, 6) is 0.701. The molecule has 2 aromatic carbocycles. The second-order valence-electron chi connectivity index (χ2n) is 8.01. The van der Waals surface area contributed by atoms with Crippen LogP contribution >= 0.6 is 0 Å². The molecule has 0 radical (unpaired) electrons. The monoisotopic (exact) mass is 360 g/mol. The van der Waals surface area contributed by atoms with Gasteiger partial charge in [0.1, 0.15) is 7.85 Å². The second kappa shape index (κ2) is 11.2. The van der Waals surface area contributed by atoms with E-state index in [0.717, 1.165) is 0 Å². The number of rotatable bonds is 10. The molecule has 0 N–H and O–H groups in total. The van der Waals surface area contributed by atoms with Crippen molar-refractivity contribution in [2.24, 2.45) is 5.92 Å². The highest BCUT2D eigenvalue weighted by Gasteiger charge is 2.19. The molecule has 0 bridgehead atoms. The summed E-state index contributed by atoms with van der Waals surface area (Å²) in [6.45, 7) is 9.14. The smallest absolute Gasteiger partial charge is 0.0889 e. The highest BCUT2D eigenvalue weighted by molar-refractivity contribution is 6.32. The summed E-state index contributed by atoms with van der Waals surface area (Å²) in [5.41, 5.74) is 8.59. The lowest BCUT2D eigenvalue weighted by Gasteiger charge is -2.25. The minimum Gasteiger partial charge on any atom is -0.0889 e. The summed E-state index contributed by atoms with van der Waals surface area (Å²) >= 11 is 0. The largest absolute Gasteiger partial charge is 0.139 e. The van der Waals surface area contributed by atoms with Gasteiger partial charge >= 0.3 is 0 Å². The number of allylic oxidation sites excluding steroid dienone is 1. The molecule has 0 saturated heterocycles. The van der Waals surface area contributed by atoms with Crippen molar-refractivity contribution in [3.05, 3.63) is 70.8 Å². The van der Waals surface area contributed by atoms with Gasteiger partial charge in [-0.15, -0.1) is 0 Å². The molecular weight excluding hydrogens is 323 g/mol. The van der Waals surface area contributed by atoms with Crippen LogP contribution in [0.5, 0.6) is 0 Å². The van der Waals surface area contributed by atoms with Crippen molar-refractivity contribution >= 4 is 18.9 Å². The molecule has 0 amide bonds. The number of benzene rings is 2. The molecule has 2 rings (SSSR count). The molecule has 0 aromatic heterocycles. The summed E-state index contributed by atoms with van der Waals surface area (Å²) in [4.78, 5) is 0. The normalized spacial score (nSPS) is 13.3. The lowest BCUT2D eigenvalue weighted by Crippen LogP contribution is -2.09. The molecule has 144 valence electrons. The maximum atomic E-state index is 2.33. The van der Waals surface area contributed by atoms with Crippen molar-refractivity contribution in [1.82, 2.24) is 0 Å². The SMILES string of the molecule is Bc1ccc(/C(=C(\CCC)C(CCC)CCCC)c2ccc(C)cc2)cc1. The molecule has 2 aromatic rings. The Morgan fingerprint density at radius 3 is 1.89 bits per heavy atom. The van der Waals surface area contributed by atoms with Gasteiger partial charge in [0.25, 0.3) is 0 Å². The van der Waals surface area contributed by atoms with Gasteiger partial charge in [-0.25, -0.2) is 0 Å². The maximum absolute atomic E-state index is 2.33. The molecule has 0 heterocycles. The van der Waals surface area contributed by atoms with Crippen LogP contribution in [-0.2, 0) is 0 Å². The molecule has 0 fully saturated rings. The van der Waals surface area contributed by atoms with Crippen LogP contribution in [0.1, 0.15) is 82.4 Å². The Morgan fingerprint density at radius 2 is 1.37 bits per heavy atom. The van der Waals surface area contributed by atoms with Crippen LogP contribution in [0.3, 0.4) is 0 Å². The van der Waals surface area contributed by atoms with Crippen molar-refractivity contribution in [3.8, 4) is 0 Å². The van der Waals surface area contributed by atoms with Crippen molar-refractivity contribution < 1.29 is 0 Å². The highest BCUT2D eigenvalue weighted by atomic mass is 14.2. The average molecular weight is 360 g/mol. The van der Waals surface area contributed by atoms with E-state index < -0.39 is 0 Å². The molecule has 0 saturated carbocycles. The van der Waals surface area contributed by atoms with Gasteiger partial charge in [-0.2, -0.15) is 0 Å². The Labute approximate surface area is 168 Å². The lowest BCUT2D eigenvalue weighted by atomic mass is 9.79. The van der Waals surface area contributed by atoms with E-state index in [-0.39, 0.29) is 0 Å². The fourth-order valence-electron chi connectivity index (χ4n) is 4.07. The van der Waals surface area contributed by atoms with Gasteiger partial charge in [0, 0.05) is 0 Å². The maximum Gasteiger partial charge on any atom is 0.139 e. The third-order valence-electron chi connectivity index (χ3n) is 5.56. The Bertz CT molecular complexity index is 659. The van der Waals surface area contributed by atoms with Gasteiger partial charge in [0.2, 0.25) is 0 Å². The minimum atomic E-state index is 0.701. The first kappa shape index (κ1) is 21.5. The van der Waals surface area contributed by atoms with Crippen molar-refractivity contribution in [2.75, 3.05) is 0 Å². The van der Waals surface area contributed by atoms with Crippen LogP contribution in [0.4, 0.5) is 0 Å². The Hall–Kier alpha value is -1.76. The van der Waals surface area contributed by atoms with Crippen LogP contribution in [-0.4, -0.2) is 7.85 Å².